The van der Waals surface area contributed by atoms with Crippen LogP contribution in [-0.2, 0) is 15.1 Å². The van der Waals surface area contributed by atoms with E-state index in [9.17, 15) is 4.79 Å². The number of rotatable bonds is 2. The van der Waals surface area contributed by atoms with Crippen LogP contribution in [0.15, 0.2) is 58.6 Å². The molecule has 24 heavy (non-hydrogen) atoms. The molecule has 1 unspecified atom stereocenters. The summed E-state index contributed by atoms with van der Waals surface area (Å²) in [5.41, 5.74) is 1.75. The number of benzene rings is 2. The molecule has 2 aromatic rings. The molecule has 0 fully saturated rings. The van der Waals surface area contributed by atoms with Crippen molar-refractivity contribution >= 4 is 42.6 Å². The number of likely N-dealkylation sites (N-methyl/N-ethyl adjacent to an activating group) is 1. The van der Waals surface area contributed by atoms with Gasteiger partial charge in [0.1, 0.15) is 0 Å². The molecule has 0 N–H and O–H groups in total. The van der Waals surface area contributed by atoms with Crippen molar-refractivity contribution < 1.29 is 9.53 Å². The molecule has 3 nitrogen and oxygen atoms in total. The molecule has 1 atom stereocenters. The van der Waals surface area contributed by atoms with Crippen molar-refractivity contribution in [3.05, 3.63) is 69.2 Å². The maximum absolute atomic E-state index is 13.0. The maximum atomic E-state index is 13.0. The normalized spacial score (nSPS) is 22.6. The molecule has 122 valence electrons. The third kappa shape index (κ3) is 2.18. The summed E-state index contributed by atoms with van der Waals surface area (Å²) >= 11 is 6.34. The number of nitrogens with zero attached hydrogens (tertiary/aromatic N) is 1. The Bertz CT molecular complexity index is 865. The van der Waals surface area contributed by atoms with Crippen molar-refractivity contribution in [3.8, 4) is 0 Å². The molecule has 2 aromatic carbocycles. The second-order valence-electron chi connectivity index (χ2n) is 5.96. The molecule has 5 heteroatoms. The number of anilines is 1. The minimum absolute atomic E-state index is 0.0314. The van der Waals surface area contributed by atoms with Gasteiger partial charge in [0.2, 0.25) is 0 Å². The van der Waals surface area contributed by atoms with Gasteiger partial charge in [-0.25, -0.2) is 0 Å². The molecule has 2 heterocycles. The van der Waals surface area contributed by atoms with Crippen LogP contribution in [0.4, 0.5) is 5.69 Å². The summed E-state index contributed by atoms with van der Waals surface area (Å²) in [7, 11) is 1.79. The molecule has 0 saturated carbocycles. The van der Waals surface area contributed by atoms with Crippen LogP contribution in [-0.4, -0.2) is 34.5 Å². The van der Waals surface area contributed by atoms with Crippen LogP contribution in [0.3, 0.4) is 0 Å². The SMILES string of the molecule is CC1=C([Se]c2ccccc2)COC12C(=O)N(C)c1ccc(Cl)cc12. The van der Waals surface area contributed by atoms with Gasteiger partial charge in [0.25, 0.3) is 0 Å². The second kappa shape index (κ2) is 5.75. The van der Waals surface area contributed by atoms with E-state index in [4.69, 9.17) is 16.3 Å². The number of hydrogen-bond donors (Lipinski definition) is 0. The average molecular weight is 405 g/mol. The first-order valence-corrected chi connectivity index (χ1v) is 9.78. The molecule has 1 amide bonds. The summed E-state index contributed by atoms with van der Waals surface area (Å²) in [6.45, 7) is 2.51. The number of carbonyl (C=O) groups is 1. The van der Waals surface area contributed by atoms with Gasteiger partial charge in [0.15, 0.2) is 0 Å². The van der Waals surface area contributed by atoms with E-state index in [1.807, 2.05) is 43.3 Å². The number of halogens is 1. The van der Waals surface area contributed by atoms with Crippen LogP contribution in [0.5, 0.6) is 0 Å². The average Bonchev–Trinajstić information content (AvgIpc) is 3.01. The van der Waals surface area contributed by atoms with Gasteiger partial charge in [0.05, 0.1) is 0 Å². The molecule has 0 aliphatic carbocycles. The standard InChI is InChI=1S/C19H16ClNO2Se/c1-12-17(24-14-6-4-3-5-7-14)11-23-19(12)15-10-13(20)8-9-16(15)21(2)18(19)22/h3-10H,11H2,1-2H3. The van der Waals surface area contributed by atoms with Gasteiger partial charge in [-0.05, 0) is 0 Å². The third-order valence-electron chi connectivity index (χ3n) is 4.66. The minimum atomic E-state index is -0.999. The summed E-state index contributed by atoms with van der Waals surface area (Å²) in [5, 5.41) is 0.620. The van der Waals surface area contributed by atoms with Crippen molar-refractivity contribution in [1.29, 1.82) is 0 Å². The van der Waals surface area contributed by atoms with Gasteiger partial charge in [-0.1, -0.05) is 0 Å². The monoisotopic (exact) mass is 405 g/mol. The summed E-state index contributed by atoms with van der Waals surface area (Å²) in [6, 6.07) is 15.9. The first-order valence-electron chi connectivity index (χ1n) is 7.69. The predicted octanol–water partition coefficient (Wildman–Crippen LogP) is 2.85. The Labute approximate surface area is 152 Å². The Morgan fingerprint density at radius 1 is 1.21 bits per heavy atom. The number of ether oxygens (including phenoxy) is 1. The van der Waals surface area contributed by atoms with E-state index in [0.717, 1.165) is 16.8 Å². The van der Waals surface area contributed by atoms with Crippen LogP contribution in [0.1, 0.15) is 12.5 Å². The van der Waals surface area contributed by atoms with Crippen molar-refractivity contribution in [3.63, 3.8) is 0 Å². The summed E-state index contributed by atoms with van der Waals surface area (Å²) in [6.07, 6.45) is 0. The van der Waals surface area contributed by atoms with Crippen LogP contribution in [0, 0.1) is 0 Å². The Kier molecular flexibility index (Phi) is 3.81. The van der Waals surface area contributed by atoms with E-state index in [1.54, 1.807) is 11.9 Å². The van der Waals surface area contributed by atoms with E-state index < -0.39 is 5.60 Å². The fourth-order valence-electron chi connectivity index (χ4n) is 3.37. The topological polar surface area (TPSA) is 29.5 Å². The Morgan fingerprint density at radius 2 is 1.96 bits per heavy atom. The third-order valence-corrected chi connectivity index (χ3v) is 7.36. The molecule has 4 rings (SSSR count). The molecule has 0 aromatic heterocycles. The van der Waals surface area contributed by atoms with Gasteiger partial charge in [-0.2, -0.15) is 0 Å². The Balaban J connectivity index is 1.82. The Morgan fingerprint density at radius 3 is 2.71 bits per heavy atom. The molecule has 2 aliphatic rings. The van der Waals surface area contributed by atoms with Crippen molar-refractivity contribution in [2.75, 3.05) is 18.6 Å². The van der Waals surface area contributed by atoms with Crippen LogP contribution in [0.2, 0.25) is 5.02 Å². The zero-order valence-corrected chi connectivity index (χ0v) is 15.8. The number of hydrogen-bond acceptors (Lipinski definition) is 2. The zero-order valence-electron chi connectivity index (χ0n) is 13.4. The fourth-order valence-corrected chi connectivity index (χ4v) is 5.62. The molecular formula is C19H16ClNO2Se. The van der Waals surface area contributed by atoms with Gasteiger partial charge in [-0.15, -0.1) is 0 Å². The van der Waals surface area contributed by atoms with E-state index in [2.05, 4.69) is 12.1 Å². The first kappa shape index (κ1) is 15.9. The summed E-state index contributed by atoms with van der Waals surface area (Å²) in [5.74, 6) is -0.0314. The van der Waals surface area contributed by atoms with E-state index >= 15 is 0 Å². The molecule has 1 spiro atoms. The van der Waals surface area contributed by atoms with Gasteiger partial charge in [0, 0.05) is 0 Å². The Hall–Kier alpha value is -1.58. The molecular weight excluding hydrogens is 389 g/mol. The zero-order chi connectivity index (χ0) is 16.9. The fraction of sp³-hybridized carbons (Fsp3) is 0.211. The van der Waals surface area contributed by atoms with E-state index in [1.165, 1.54) is 8.93 Å². The first-order chi connectivity index (χ1) is 11.5. The van der Waals surface area contributed by atoms with Crippen molar-refractivity contribution in [1.82, 2.24) is 0 Å². The van der Waals surface area contributed by atoms with Gasteiger partial charge < -0.3 is 0 Å². The number of amides is 1. The second-order valence-corrected chi connectivity index (χ2v) is 8.85. The van der Waals surface area contributed by atoms with Crippen molar-refractivity contribution in [2.24, 2.45) is 0 Å². The number of fused-ring (bicyclic) bond motifs is 2. The predicted molar refractivity (Wildman–Crippen MR) is 97.0 cm³/mol. The van der Waals surface area contributed by atoms with Crippen LogP contribution in [0.25, 0.3) is 0 Å². The quantitative estimate of drug-likeness (QED) is 0.720. The van der Waals surface area contributed by atoms with Crippen LogP contribution < -0.4 is 9.36 Å². The summed E-state index contributed by atoms with van der Waals surface area (Å²) < 4.78 is 8.66. The summed E-state index contributed by atoms with van der Waals surface area (Å²) in [4.78, 5) is 14.7. The van der Waals surface area contributed by atoms with Gasteiger partial charge in [-0.3, -0.25) is 0 Å². The van der Waals surface area contributed by atoms with Crippen molar-refractivity contribution in [2.45, 2.75) is 12.5 Å². The van der Waals surface area contributed by atoms with E-state index in [-0.39, 0.29) is 20.9 Å². The van der Waals surface area contributed by atoms with E-state index in [0.29, 0.717) is 11.6 Å². The number of carbonyl (C=O) groups excluding carboxylic acids is 1. The molecule has 0 saturated heterocycles. The van der Waals surface area contributed by atoms with Crippen LogP contribution >= 0.6 is 11.6 Å². The van der Waals surface area contributed by atoms with Gasteiger partial charge >= 0.3 is 152 Å². The molecule has 0 bridgehead atoms. The molecule has 0 radical (unpaired) electrons. The molecule has 2 aliphatic heterocycles.